The number of nitrogens with two attached hydrogens (primary N) is 1. The Hall–Kier alpha value is -3.80. The zero-order valence-electron chi connectivity index (χ0n) is 55.2. The number of carbonyl (C=O) groups excluding carboxylic acids is 2. The zero-order chi connectivity index (χ0) is 60.1. The van der Waals surface area contributed by atoms with E-state index < -0.39 is 16.4 Å². The molecule has 19 aliphatic rings. The number of fused-ring (bicyclic) bond motifs is 12. The molecule has 480 valence electrons. The van der Waals surface area contributed by atoms with Crippen LogP contribution in [0.25, 0.3) is 0 Å². The van der Waals surface area contributed by atoms with Crippen LogP contribution in [-0.2, 0) is 26.3 Å². The van der Waals surface area contributed by atoms with Gasteiger partial charge in [-0.3, -0.25) is 9.69 Å². The average molecular weight is 1210 g/mol. The highest BCUT2D eigenvalue weighted by atomic mass is 16.6. The Bertz CT molecular complexity index is 3460. The van der Waals surface area contributed by atoms with Gasteiger partial charge in [0.15, 0.2) is 11.4 Å². The highest BCUT2D eigenvalue weighted by Crippen LogP contribution is 2.89. The van der Waals surface area contributed by atoms with Gasteiger partial charge in [-0.1, -0.05) is 112 Å². The molecular formula is C82H107N3O5. The van der Waals surface area contributed by atoms with Crippen molar-refractivity contribution in [2.24, 2.45) is 115 Å². The van der Waals surface area contributed by atoms with Crippen molar-refractivity contribution in [3.05, 3.63) is 80.5 Å². The molecule has 11 fully saturated rings. The van der Waals surface area contributed by atoms with Gasteiger partial charge in [0.1, 0.15) is 11.2 Å². The number of carbonyl (C=O) groups is 2. The van der Waals surface area contributed by atoms with Gasteiger partial charge in [0.25, 0.3) is 0 Å². The van der Waals surface area contributed by atoms with Gasteiger partial charge >= 0.3 is 11.9 Å². The lowest BCUT2D eigenvalue weighted by molar-refractivity contribution is -0.283. The van der Waals surface area contributed by atoms with Crippen LogP contribution in [0.3, 0.4) is 0 Å². The van der Waals surface area contributed by atoms with Crippen LogP contribution in [0.5, 0.6) is 0 Å². The van der Waals surface area contributed by atoms with E-state index in [0.29, 0.717) is 107 Å². The maximum absolute atomic E-state index is 17.4. The van der Waals surface area contributed by atoms with Crippen LogP contribution in [0.4, 0.5) is 0 Å². The molecule has 8 saturated carbocycles. The maximum atomic E-state index is 17.4. The first-order chi connectivity index (χ1) is 43.9. The van der Waals surface area contributed by atoms with E-state index in [1.54, 1.807) is 22.4 Å². The SMILES string of the molecule is C[C@H]1CCC/C2=C/[C@H]3C[C@@H]4[C@@H]5C6=C3[C@]37C(=O)O/C(=C(/O)C[C@H]8[C@H]9CC%10(CCCC%10)[C@@]%10(CCC[C@]%10%11CCC[C@H]%11C#CC[C@@H]%10[C@H]%11C[C@@H](CN%108)[C@@H]8CCC(=C5N8C%11)C[C@H]4C)C9)[C@@]3(CC6)[C@]3(OC(=O)c4c(CCCN)cccc43)[C@H]7C[C@@H]2[C@@H]2CCC[C@@]3(CC[C@@H](CC1)C3)C2. The molecule has 90 heavy (non-hydrogen) atoms. The summed E-state index contributed by atoms with van der Waals surface area (Å²) in [5.41, 5.74) is 15.2. The molecule has 12 aliphatic carbocycles. The van der Waals surface area contributed by atoms with Crippen molar-refractivity contribution in [2.75, 3.05) is 19.6 Å². The average Bonchev–Trinajstić information content (AvgIpc) is 1.31. The number of hydrogen-bond acceptors (Lipinski definition) is 8. The topological polar surface area (TPSA) is 105 Å². The number of benzene rings is 1. The molecule has 20 rings (SSSR count). The third-order valence-corrected chi connectivity index (χ3v) is 33.5. The molecule has 3 saturated heterocycles. The number of ether oxygens (including phenoxy) is 2. The largest absolute Gasteiger partial charge is 0.509 e. The van der Waals surface area contributed by atoms with Gasteiger partial charge in [-0.15, -0.1) is 5.92 Å². The fraction of sp³-hybridized carbons (Fsp3) is 0.780. The van der Waals surface area contributed by atoms with Gasteiger partial charge in [-0.25, -0.2) is 4.79 Å². The van der Waals surface area contributed by atoms with Gasteiger partial charge in [0, 0.05) is 73.1 Å². The summed E-state index contributed by atoms with van der Waals surface area (Å²) in [6, 6.07) is 7.58. The van der Waals surface area contributed by atoms with Crippen LogP contribution in [0, 0.1) is 121 Å². The van der Waals surface area contributed by atoms with Gasteiger partial charge in [0.2, 0.25) is 0 Å². The number of nitrogens with zero attached hydrogens (tertiary/aromatic N) is 2. The Kier molecular flexibility index (Phi) is 12.4. The minimum absolute atomic E-state index is 0.0889. The third-order valence-electron chi connectivity index (χ3n) is 33.5. The summed E-state index contributed by atoms with van der Waals surface area (Å²) in [5, 5.41) is 14.6. The van der Waals surface area contributed by atoms with Crippen molar-refractivity contribution in [1.29, 1.82) is 0 Å². The lowest BCUT2D eigenvalue weighted by Gasteiger charge is -2.73. The monoisotopic (exact) mass is 1210 g/mol. The molecule has 8 heteroatoms. The van der Waals surface area contributed by atoms with Crippen LogP contribution < -0.4 is 5.73 Å². The number of rotatable bonds is 3. The standard InChI is InChI=1S/C82H107N3O5/c1-48-12-5-14-52-37-55-39-61-49(2)36-53-23-24-65-56-38-57-47-85(65)72(53)70(61)60-26-34-80-73(67(86)41-66-58-44-77(28-3-4-29-77)79(45-58)32-11-31-78(79)30-9-18-59(78)17-7-20-64(57)84(66)46-56)89-75(88)81(80,71(55)60)68(82(80)63-19-6-13-51(16-10-35-83)69(63)74(87)90-82)40-62(52)54-15-8-27-76(43-54)33-25-50(42-76)22-21-48/h6,13,19,37,48-50,54-59,61-62,64-66,68,70,86H,3-5,8-12,14-16,18,20-36,38-47,83H2,1-2H3/b52-37-,73-67+/t48-,49+,50+,54+,55-,56-,57-,58-,59+,61-,62-,64+,65-,66-,68-,70-,76-,78-,79+,80+,81+,82+/m0/s1. The first kappa shape index (κ1) is 56.5. The second-order valence-electron chi connectivity index (χ2n) is 36.3. The predicted molar refractivity (Wildman–Crippen MR) is 350 cm³/mol. The summed E-state index contributed by atoms with van der Waals surface area (Å²) < 4.78 is 15.5. The quantitative estimate of drug-likeness (QED) is 0.175. The molecule has 3 N–H and O–H groups in total. The normalized spacial score (nSPS) is 50.8. The molecule has 7 spiro atoms. The van der Waals surface area contributed by atoms with Crippen LogP contribution in [-0.4, -0.2) is 64.6 Å². The molecule has 0 amide bonds. The molecule has 1 aromatic rings. The first-order valence-corrected chi connectivity index (χ1v) is 38.8. The van der Waals surface area contributed by atoms with E-state index in [0.717, 1.165) is 80.1 Å². The fourth-order valence-electron chi connectivity index (χ4n) is 30.9. The summed E-state index contributed by atoms with van der Waals surface area (Å²) in [4.78, 5) is 39.6. The molecule has 0 radical (unpaired) electrons. The molecule has 22 atom stereocenters. The number of allylic oxidation sites excluding steroid dienone is 4. The molecular weight excluding hydrogens is 1110 g/mol. The third kappa shape index (κ3) is 6.92. The van der Waals surface area contributed by atoms with Crippen molar-refractivity contribution in [2.45, 2.75) is 269 Å². The van der Waals surface area contributed by atoms with E-state index in [9.17, 15) is 5.11 Å². The van der Waals surface area contributed by atoms with E-state index in [-0.39, 0.29) is 47.1 Å². The van der Waals surface area contributed by atoms with Crippen LogP contribution in [0.2, 0.25) is 0 Å². The number of esters is 2. The van der Waals surface area contributed by atoms with Gasteiger partial charge < -0.3 is 25.2 Å². The van der Waals surface area contributed by atoms with E-state index in [1.807, 2.05) is 0 Å². The van der Waals surface area contributed by atoms with Crippen LogP contribution >= 0.6 is 0 Å². The van der Waals surface area contributed by atoms with Crippen molar-refractivity contribution in [1.82, 2.24) is 9.80 Å². The summed E-state index contributed by atoms with van der Waals surface area (Å²) >= 11 is 0. The highest BCUT2D eigenvalue weighted by Gasteiger charge is 2.94. The van der Waals surface area contributed by atoms with Crippen molar-refractivity contribution in [3.8, 4) is 11.8 Å². The smallest absolute Gasteiger partial charge is 0.339 e. The summed E-state index contributed by atoms with van der Waals surface area (Å²) in [5.74, 6) is 14.4. The van der Waals surface area contributed by atoms with E-state index in [2.05, 4.69) is 59.8 Å². The predicted octanol–water partition coefficient (Wildman–Crippen LogP) is 16.9. The number of aliphatic hydroxyl groups is 1. The lowest BCUT2D eigenvalue weighted by atomic mass is 9.27. The minimum atomic E-state index is -1.18. The Morgan fingerprint density at radius 3 is 2.53 bits per heavy atom. The molecule has 0 aromatic heterocycles. The summed E-state index contributed by atoms with van der Waals surface area (Å²) in [6.45, 7) is 7.94. The molecule has 7 aliphatic heterocycles. The van der Waals surface area contributed by atoms with Crippen LogP contribution in [0.15, 0.2) is 63.8 Å². The lowest BCUT2D eigenvalue weighted by Crippen LogP contribution is -2.78. The number of hydrogen-bond donors (Lipinski definition) is 2. The minimum Gasteiger partial charge on any atom is -0.509 e. The van der Waals surface area contributed by atoms with E-state index in [4.69, 9.17) is 15.2 Å². The Morgan fingerprint density at radius 2 is 1.63 bits per heavy atom. The first-order valence-electron chi connectivity index (χ1n) is 38.8. The van der Waals surface area contributed by atoms with Crippen molar-refractivity contribution in [3.63, 3.8) is 0 Å². The molecule has 7 heterocycles. The molecule has 0 unspecified atom stereocenters. The maximum Gasteiger partial charge on any atom is 0.339 e. The Morgan fingerprint density at radius 1 is 0.756 bits per heavy atom. The van der Waals surface area contributed by atoms with Crippen molar-refractivity contribution >= 4 is 11.9 Å². The summed E-state index contributed by atoms with van der Waals surface area (Å²) in [7, 11) is 0. The molecule has 1 aromatic carbocycles. The molecule has 13 bridgehead atoms. The van der Waals surface area contributed by atoms with E-state index in [1.165, 1.54) is 179 Å². The highest BCUT2D eigenvalue weighted by molar-refractivity contribution is 6.00. The Labute approximate surface area is 539 Å². The fourth-order valence-corrected chi connectivity index (χ4v) is 30.9. The van der Waals surface area contributed by atoms with Gasteiger partial charge in [-0.2, -0.15) is 0 Å². The second-order valence-corrected chi connectivity index (χ2v) is 36.3. The number of aryl methyl sites for hydroxylation is 1. The van der Waals surface area contributed by atoms with E-state index >= 15 is 9.59 Å². The summed E-state index contributed by atoms with van der Waals surface area (Å²) in [6.07, 6.45) is 45.8. The van der Waals surface area contributed by atoms with Crippen molar-refractivity contribution < 1.29 is 24.2 Å². The zero-order valence-corrected chi connectivity index (χ0v) is 55.2. The number of aliphatic hydroxyl groups excluding tert-OH is 1. The molecule has 8 nitrogen and oxygen atoms in total. The van der Waals surface area contributed by atoms with Gasteiger partial charge in [0.05, 0.1) is 11.0 Å². The van der Waals surface area contributed by atoms with Gasteiger partial charge in [-0.05, 0) is 265 Å². The second kappa shape index (κ2) is 19.7. The number of piperidine rings is 2. The van der Waals surface area contributed by atoms with Crippen LogP contribution in [0.1, 0.15) is 260 Å². The Balaban J connectivity index is 0.852.